The summed E-state index contributed by atoms with van der Waals surface area (Å²) in [7, 11) is 0. The zero-order valence-corrected chi connectivity index (χ0v) is 11.1. The number of hydrogen-bond donors (Lipinski definition) is 1. The molecule has 4 nitrogen and oxygen atoms in total. The van der Waals surface area contributed by atoms with E-state index < -0.39 is 0 Å². The molecular weight excluding hydrogens is 214 g/mol. The number of nitrogens with one attached hydrogen (secondary N) is 1. The molecule has 0 fully saturated rings. The van der Waals surface area contributed by atoms with E-state index in [0.29, 0.717) is 11.9 Å². The van der Waals surface area contributed by atoms with Gasteiger partial charge in [-0.05, 0) is 19.3 Å². The molecule has 17 heavy (non-hydrogen) atoms. The van der Waals surface area contributed by atoms with Crippen molar-refractivity contribution in [2.45, 2.75) is 59.0 Å². The smallest absolute Gasteiger partial charge is 0.293 e. The standard InChI is InChI=1S/C13H23N3O/c1-4-7-11(6-3)15-12-13(17)16(9-5-2)10-8-14-12/h8,10-11H,4-7,9H2,1-3H3,(H,14,15). The number of rotatable bonds is 7. The Morgan fingerprint density at radius 1 is 1.35 bits per heavy atom. The van der Waals surface area contributed by atoms with Gasteiger partial charge in [-0.2, -0.15) is 0 Å². The van der Waals surface area contributed by atoms with Gasteiger partial charge >= 0.3 is 0 Å². The molecule has 0 bridgehead atoms. The topological polar surface area (TPSA) is 46.9 Å². The van der Waals surface area contributed by atoms with Gasteiger partial charge < -0.3 is 9.88 Å². The highest BCUT2D eigenvalue weighted by Gasteiger charge is 2.09. The molecule has 1 heterocycles. The van der Waals surface area contributed by atoms with Crippen molar-refractivity contribution in [1.82, 2.24) is 9.55 Å². The molecule has 4 heteroatoms. The molecule has 1 N–H and O–H groups in total. The van der Waals surface area contributed by atoms with E-state index in [-0.39, 0.29) is 5.56 Å². The molecular formula is C13H23N3O. The Hall–Kier alpha value is -1.32. The second-order valence-corrected chi connectivity index (χ2v) is 4.31. The SMILES string of the molecule is CCCC(CC)Nc1nccn(CCC)c1=O. The fraction of sp³-hybridized carbons (Fsp3) is 0.692. The minimum atomic E-state index is -0.0103. The summed E-state index contributed by atoms with van der Waals surface area (Å²) < 4.78 is 1.72. The van der Waals surface area contributed by atoms with Crippen LogP contribution in [0.3, 0.4) is 0 Å². The van der Waals surface area contributed by atoms with Crippen molar-refractivity contribution in [1.29, 1.82) is 0 Å². The zero-order chi connectivity index (χ0) is 12.7. The molecule has 0 aliphatic heterocycles. The predicted octanol–water partition coefficient (Wildman–Crippen LogP) is 2.64. The lowest BCUT2D eigenvalue weighted by atomic mass is 10.1. The lowest BCUT2D eigenvalue weighted by molar-refractivity contribution is 0.610. The first-order valence-electron chi connectivity index (χ1n) is 6.54. The average Bonchev–Trinajstić information content (AvgIpc) is 2.33. The van der Waals surface area contributed by atoms with Gasteiger partial charge in [0, 0.05) is 25.0 Å². The Morgan fingerprint density at radius 3 is 2.71 bits per heavy atom. The Kier molecular flexibility index (Phi) is 5.73. The first-order valence-corrected chi connectivity index (χ1v) is 6.54. The van der Waals surface area contributed by atoms with Gasteiger partial charge in [-0.1, -0.05) is 27.2 Å². The highest BCUT2D eigenvalue weighted by molar-refractivity contribution is 5.32. The molecule has 1 unspecified atom stereocenters. The summed E-state index contributed by atoms with van der Waals surface area (Å²) >= 11 is 0. The molecule has 1 rings (SSSR count). The summed E-state index contributed by atoms with van der Waals surface area (Å²) in [6, 6.07) is 0.345. The Morgan fingerprint density at radius 2 is 2.12 bits per heavy atom. The van der Waals surface area contributed by atoms with E-state index in [1.807, 2.05) is 0 Å². The van der Waals surface area contributed by atoms with Crippen molar-refractivity contribution >= 4 is 5.82 Å². The molecule has 0 saturated heterocycles. The lowest BCUT2D eigenvalue weighted by Gasteiger charge is -2.16. The van der Waals surface area contributed by atoms with E-state index in [0.717, 1.165) is 32.2 Å². The lowest BCUT2D eigenvalue weighted by Crippen LogP contribution is -2.28. The van der Waals surface area contributed by atoms with E-state index >= 15 is 0 Å². The quantitative estimate of drug-likeness (QED) is 0.793. The van der Waals surface area contributed by atoms with Crippen LogP contribution >= 0.6 is 0 Å². The summed E-state index contributed by atoms with van der Waals surface area (Å²) in [6.07, 6.45) is 7.59. The predicted molar refractivity (Wildman–Crippen MR) is 71.4 cm³/mol. The van der Waals surface area contributed by atoms with Gasteiger partial charge in [-0.3, -0.25) is 4.79 Å². The molecule has 0 radical (unpaired) electrons. The van der Waals surface area contributed by atoms with Crippen molar-refractivity contribution in [2.75, 3.05) is 5.32 Å². The second-order valence-electron chi connectivity index (χ2n) is 4.31. The fourth-order valence-electron chi connectivity index (χ4n) is 1.88. The molecule has 1 aromatic heterocycles. The number of aromatic nitrogens is 2. The molecule has 1 aromatic rings. The molecule has 0 amide bonds. The molecule has 1 atom stereocenters. The van der Waals surface area contributed by atoms with Gasteiger partial charge in [0.1, 0.15) is 0 Å². The second kappa shape index (κ2) is 7.09. The van der Waals surface area contributed by atoms with E-state index in [2.05, 4.69) is 31.1 Å². The molecule has 0 aromatic carbocycles. The normalized spacial score (nSPS) is 12.4. The highest BCUT2D eigenvalue weighted by atomic mass is 16.1. The molecule has 96 valence electrons. The minimum absolute atomic E-state index is 0.0103. The van der Waals surface area contributed by atoms with Gasteiger partial charge in [0.15, 0.2) is 5.82 Å². The summed E-state index contributed by atoms with van der Waals surface area (Å²) in [5.74, 6) is 0.487. The van der Waals surface area contributed by atoms with Crippen LogP contribution in [-0.4, -0.2) is 15.6 Å². The van der Waals surface area contributed by atoms with Crippen molar-refractivity contribution < 1.29 is 0 Å². The van der Waals surface area contributed by atoms with Crippen LogP contribution in [-0.2, 0) is 6.54 Å². The molecule has 0 aliphatic carbocycles. The van der Waals surface area contributed by atoms with E-state index in [1.165, 1.54) is 0 Å². The van der Waals surface area contributed by atoms with Crippen LogP contribution in [0.25, 0.3) is 0 Å². The monoisotopic (exact) mass is 237 g/mol. The minimum Gasteiger partial charge on any atom is -0.363 e. The van der Waals surface area contributed by atoms with Gasteiger partial charge in [0.05, 0.1) is 0 Å². The number of nitrogens with zero attached hydrogens (tertiary/aromatic N) is 2. The largest absolute Gasteiger partial charge is 0.363 e. The van der Waals surface area contributed by atoms with Crippen LogP contribution in [0.4, 0.5) is 5.82 Å². The third-order valence-electron chi connectivity index (χ3n) is 2.85. The van der Waals surface area contributed by atoms with Crippen molar-refractivity contribution in [3.63, 3.8) is 0 Å². The first-order chi connectivity index (χ1) is 8.22. The summed E-state index contributed by atoms with van der Waals surface area (Å²) in [5.41, 5.74) is -0.0103. The van der Waals surface area contributed by atoms with Gasteiger partial charge in [-0.25, -0.2) is 4.98 Å². The first kappa shape index (κ1) is 13.7. The van der Waals surface area contributed by atoms with Crippen LogP contribution < -0.4 is 10.9 Å². The van der Waals surface area contributed by atoms with E-state index in [4.69, 9.17) is 0 Å². The fourth-order valence-corrected chi connectivity index (χ4v) is 1.88. The van der Waals surface area contributed by atoms with Crippen LogP contribution in [0.1, 0.15) is 46.5 Å². The van der Waals surface area contributed by atoms with Crippen molar-refractivity contribution in [2.24, 2.45) is 0 Å². The maximum absolute atomic E-state index is 12.1. The Bertz CT molecular complexity index is 386. The highest BCUT2D eigenvalue weighted by Crippen LogP contribution is 2.06. The van der Waals surface area contributed by atoms with E-state index in [9.17, 15) is 4.79 Å². The van der Waals surface area contributed by atoms with Crippen LogP contribution in [0, 0.1) is 0 Å². The molecule has 0 spiro atoms. The maximum Gasteiger partial charge on any atom is 0.293 e. The molecule has 0 aliphatic rings. The summed E-state index contributed by atoms with van der Waals surface area (Å²) in [6.45, 7) is 7.09. The van der Waals surface area contributed by atoms with Gasteiger partial charge in [-0.15, -0.1) is 0 Å². The van der Waals surface area contributed by atoms with Crippen LogP contribution in [0.2, 0.25) is 0 Å². The van der Waals surface area contributed by atoms with Crippen molar-refractivity contribution in [3.8, 4) is 0 Å². The zero-order valence-electron chi connectivity index (χ0n) is 11.1. The number of hydrogen-bond acceptors (Lipinski definition) is 3. The van der Waals surface area contributed by atoms with Crippen LogP contribution in [0.5, 0.6) is 0 Å². The van der Waals surface area contributed by atoms with Gasteiger partial charge in [0.25, 0.3) is 5.56 Å². The molecule has 0 saturated carbocycles. The Labute approximate surface area is 103 Å². The maximum atomic E-state index is 12.1. The third kappa shape index (κ3) is 3.88. The number of anilines is 1. The summed E-state index contributed by atoms with van der Waals surface area (Å²) in [4.78, 5) is 16.2. The van der Waals surface area contributed by atoms with Crippen molar-refractivity contribution in [3.05, 3.63) is 22.7 Å². The summed E-state index contributed by atoms with van der Waals surface area (Å²) in [5, 5.41) is 3.25. The average molecular weight is 237 g/mol. The third-order valence-corrected chi connectivity index (χ3v) is 2.85. The van der Waals surface area contributed by atoms with Gasteiger partial charge in [0.2, 0.25) is 0 Å². The Balaban J connectivity index is 2.83. The van der Waals surface area contributed by atoms with E-state index in [1.54, 1.807) is 17.0 Å². The number of aryl methyl sites for hydroxylation is 1. The van der Waals surface area contributed by atoms with Crippen LogP contribution in [0.15, 0.2) is 17.2 Å².